The number of carbonyl (C=O) groups excluding carboxylic acids is 3. The Morgan fingerprint density at radius 2 is 1.63 bits per heavy atom. The number of methoxy groups -OCH3 is 1. The average molecular weight is 491 g/mol. The highest BCUT2D eigenvalue weighted by Gasteiger charge is 2.65. The van der Waals surface area contributed by atoms with Gasteiger partial charge in [0.15, 0.2) is 0 Å². The smallest absolute Gasteiger partial charge is 0.305 e. The van der Waals surface area contributed by atoms with Gasteiger partial charge in [0.2, 0.25) is 0 Å². The van der Waals surface area contributed by atoms with E-state index >= 15 is 0 Å². The van der Waals surface area contributed by atoms with Gasteiger partial charge in [-0.2, -0.15) is 0 Å². The molecule has 0 spiro atoms. The lowest BCUT2D eigenvalue weighted by Gasteiger charge is -2.62. The summed E-state index contributed by atoms with van der Waals surface area (Å²) in [5, 5.41) is 0. The molecule has 4 fully saturated rings. The summed E-state index contributed by atoms with van der Waals surface area (Å²) in [6.07, 6.45) is 9.87. The van der Waals surface area contributed by atoms with Crippen LogP contribution >= 0.6 is 0 Å². The van der Waals surface area contributed by atoms with E-state index in [-0.39, 0.29) is 40.9 Å². The van der Waals surface area contributed by atoms with Crippen LogP contribution in [0.4, 0.5) is 0 Å². The van der Waals surface area contributed by atoms with Crippen LogP contribution in [0.3, 0.4) is 0 Å². The molecular weight excluding hydrogens is 444 g/mol. The lowest BCUT2D eigenvalue weighted by atomic mass is 9.43. The first-order valence-electron chi connectivity index (χ1n) is 13.9. The number of hydrogen-bond donors (Lipinski definition) is 0. The second kappa shape index (κ2) is 10.0. The summed E-state index contributed by atoms with van der Waals surface area (Å²) in [6.45, 7) is 10.2. The van der Waals surface area contributed by atoms with Crippen molar-refractivity contribution in [1.29, 1.82) is 0 Å². The molecule has 0 saturated heterocycles. The second-order valence-corrected chi connectivity index (χ2v) is 12.6. The summed E-state index contributed by atoms with van der Waals surface area (Å²) in [7, 11) is 1.45. The first-order valence-corrected chi connectivity index (χ1v) is 13.9. The van der Waals surface area contributed by atoms with E-state index in [0.29, 0.717) is 41.9 Å². The molecular formula is C29H46O6. The van der Waals surface area contributed by atoms with Crippen molar-refractivity contribution < 1.29 is 28.6 Å². The minimum atomic E-state index is -0.183. The quantitative estimate of drug-likeness (QED) is 0.351. The lowest BCUT2D eigenvalue weighted by Crippen LogP contribution is -2.59. The summed E-state index contributed by atoms with van der Waals surface area (Å²) < 4.78 is 16.7. The average Bonchev–Trinajstić information content (AvgIpc) is 3.16. The Bertz CT molecular complexity index is 824. The van der Waals surface area contributed by atoms with Gasteiger partial charge in [0.1, 0.15) is 12.2 Å². The molecule has 10 atom stereocenters. The SMILES string of the molecule is COC(=O)CCC(C)C1CCC2C3CC[C@@H]4C[C@H](OC(C)=O)CCC4(C)C3C[C@@H](OC(C)=O)C12C. The molecule has 4 saturated carbocycles. The van der Waals surface area contributed by atoms with Crippen LogP contribution in [0.15, 0.2) is 0 Å². The predicted molar refractivity (Wildman–Crippen MR) is 132 cm³/mol. The van der Waals surface area contributed by atoms with Crippen molar-refractivity contribution in [3.8, 4) is 0 Å². The summed E-state index contributed by atoms with van der Waals surface area (Å²) >= 11 is 0. The molecule has 4 aliphatic rings. The topological polar surface area (TPSA) is 78.9 Å². The number of esters is 3. The fraction of sp³-hybridized carbons (Fsp3) is 0.897. The molecule has 0 aromatic heterocycles. The highest BCUT2D eigenvalue weighted by Crippen LogP contribution is 2.69. The fourth-order valence-electron chi connectivity index (χ4n) is 9.48. The molecule has 0 aromatic rings. The molecule has 0 bridgehead atoms. The standard InChI is InChI=1S/C29H46O6/c1-17(7-12-27(32)33-6)23-10-11-24-22-9-8-20-15-21(34-18(2)30)13-14-28(20,4)25(22)16-26(29(23,24)5)35-19(3)31/h17,20-26H,7-16H2,1-6H3/t17?,20-,21-,22?,23?,24?,25?,26-,28?,29?/m1/s1. The molecule has 0 aromatic carbocycles. The Balaban J connectivity index is 1.58. The Labute approximate surface area is 211 Å². The summed E-state index contributed by atoms with van der Waals surface area (Å²) in [5.74, 6) is 2.60. The van der Waals surface area contributed by atoms with E-state index in [2.05, 4.69) is 20.8 Å². The molecule has 0 radical (unpaired) electrons. The van der Waals surface area contributed by atoms with Gasteiger partial charge in [-0.15, -0.1) is 0 Å². The van der Waals surface area contributed by atoms with E-state index in [0.717, 1.165) is 38.5 Å². The van der Waals surface area contributed by atoms with Crippen LogP contribution < -0.4 is 0 Å². The number of rotatable bonds is 6. The third kappa shape index (κ3) is 4.75. The predicted octanol–water partition coefficient (Wildman–Crippen LogP) is 5.71. The Hall–Kier alpha value is -1.59. The molecule has 0 amide bonds. The van der Waals surface area contributed by atoms with Gasteiger partial charge < -0.3 is 14.2 Å². The zero-order valence-electron chi connectivity index (χ0n) is 22.6. The molecule has 6 nitrogen and oxygen atoms in total. The molecule has 6 heteroatoms. The molecule has 198 valence electrons. The minimum Gasteiger partial charge on any atom is -0.469 e. The number of hydrogen-bond acceptors (Lipinski definition) is 6. The first kappa shape index (κ1) is 26.5. The van der Waals surface area contributed by atoms with Crippen molar-refractivity contribution in [2.45, 2.75) is 111 Å². The van der Waals surface area contributed by atoms with E-state index in [1.165, 1.54) is 33.3 Å². The van der Waals surface area contributed by atoms with Crippen molar-refractivity contribution in [2.75, 3.05) is 7.11 Å². The maximum Gasteiger partial charge on any atom is 0.305 e. The van der Waals surface area contributed by atoms with E-state index in [4.69, 9.17) is 14.2 Å². The molecule has 4 rings (SSSR count). The molecule has 0 aliphatic heterocycles. The highest BCUT2D eigenvalue weighted by molar-refractivity contribution is 5.69. The number of ether oxygens (including phenoxy) is 3. The molecule has 4 aliphatic carbocycles. The molecule has 0 heterocycles. The Morgan fingerprint density at radius 3 is 2.29 bits per heavy atom. The van der Waals surface area contributed by atoms with E-state index in [9.17, 15) is 14.4 Å². The van der Waals surface area contributed by atoms with Gasteiger partial charge in [-0.3, -0.25) is 14.4 Å². The van der Waals surface area contributed by atoms with Crippen LogP contribution in [0.1, 0.15) is 98.8 Å². The van der Waals surface area contributed by atoms with Gasteiger partial charge in [-0.05, 0) is 98.7 Å². The van der Waals surface area contributed by atoms with Crippen LogP contribution in [0, 0.1) is 46.3 Å². The van der Waals surface area contributed by atoms with Gasteiger partial charge in [-0.25, -0.2) is 0 Å². The van der Waals surface area contributed by atoms with Crippen LogP contribution in [-0.2, 0) is 28.6 Å². The third-order valence-electron chi connectivity index (χ3n) is 11.1. The number of fused-ring (bicyclic) bond motifs is 5. The first-order chi connectivity index (χ1) is 16.5. The zero-order valence-corrected chi connectivity index (χ0v) is 22.6. The van der Waals surface area contributed by atoms with Crippen molar-refractivity contribution in [1.82, 2.24) is 0 Å². The summed E-state index contributed by atoms with van der Waals surface area (Å²) in [4.78, 5) is 35.7. The maximum atomic E-state index is 12.3. The van der Waals surface area contributed by atoms with Gasteiger partial charge >= 0.3 is 17.9 Å². The van der Waals surface area contributed by atoms with Gasteiger partial charge in [0, 0.05) is 25.7 Å². The minimum absolute atomic E-state index is 0.0479. The van der Waals surface area contributed by atoms with Crippen molar-refractivity contribution in [3.63, 3.8) is 0 Å². The molecule has 7 unspecified atom stereocenters. The zero-order chi connectivity index (χ0) is 25.5. The lowest BCUT2D eigenvalue weighted by molar-refractivity contribution is -0.197. The van der Waals surface area contributed by atoms with Crippen molar-refractivity contribution in [2.24, 2.45) is 46.3 Å². The molecule has 35 heavy (non-hydrogen) atoms. The Morgan fingerprint density at radius 1 is 0.914 bits per heavy atom. The van der Waals surface area contributed by atoms with E-state index in [1.54, 1.807) is 6.92 Å². The second-order valence-electron chi connectivity index (χ2n) is 12.6. The van der Waals surface area contributed by atoms with Gasteiger partial charge in [0.05, 0.1) is 7.11 Å². The maximum absolute atomic E-state index is 12.3. The third-order valence-corrected chi connectivity index (χ3v) is 11.1. The van der Waals surface area contributed by atoms with Crippen molar-refractivity contribution >= 4 is 17.9 Å². The Kier molecular flexibility index (Phi) is 7.60. The van der Waals surface area contributed by atoms with Crippen LogP contribution in [-0.4, -0.2) is 37.2 Å². The van der Waals surface area contributed by atoms with Gasteiger partial charge in [-0.1, -0.05) is 20.8 Å². The van der Waals surface area contributed by atoms with Gasteiger partial charge in [0.25, 0.3) is 0 Å². The van der Waals surface area contributed by atoms with E-state index in [1.807, 2.05) is 0 Å². The fourth-order valence-corrected chi connectivity index (χ4v) is 9.48. The monoisotopic (exact) mass is 490 g/mol. The van der Waals surface area contributed by atoms with E-state index < -0.39 is 0 Å². The van der Waals surface area contributed by atoms with Crippen molar-refractivity contribution in [3.05, 3.63) is 0 Å². The van der Waals surface area contributed by atoms with Crippen LogP contribution in [0.25, 0.3) is 0 Å². The molecule has 0 N–H and O–H groups in total. The summed E-state index contributed by atoms with van der Waals surface area (Å²) in [5.41, 5.74) is 0.147. The van der Waals surface area contributed by atoms with Crippen LogP contribution in [0.2, 0.25) is 0 Å². The summed E-state index contributed by atoms with van der Waals surface area (Å²) in [6, 6.07) is 0. The normalized spacial score (nSPS) is 43.2. The number of carbonyl (C=O) groups is 3. The largest absolute Gasteiger partial charge is 0.469 e. The highest BCUT2D eigenvalue weighted by atomic mass is 16.5. The van der Waals surface area contributed by atoms with Crippen LogP contribution in [0.5, 0.6) is 0 Å².